The molecule has 0 aromatic carbocycles. The molecule has 0 aliphatic carbocycles. The maximum absolute atomic E-state index is 13.3. The van der Waals surface area contributed by atoms with E-state index in [1.54, 1.807) is 29.9 Å². The number of hydrogen-bond acceptors (Lipinski definition) is 7. The summed E-state index contributed by atoms with van der Waals surface area (Å²) < 4.78 is 0. The summed E-state index contributed by atoms with van der Waals surface area (Å²) in [6.45, 7) is 4.75. The number of piperazine rings is 1. The van der Waals surface area contributed by atoms with Gasteiger partial charge in [0.15, 0.2) is 0 Å². The van der Waals surface area contributed by atoms with Gasteiger partial charge in [-0.05, 0) is 34.9 Å². The van der Waals surface area contributed by atoms with Gasteiger partial charge in [-0.1, -0.05) is 6.07 Å². The Morgan fingerprint density at radius 2 is 1.97 bits per heavy atom. The van der Waals surface area contributed by atoms with Crippen LogP contribution in [0, 0.1) is 0 Å². The number of hydrogen-bond donors (Lipinski definition) is 0. The summed E-state index contributed by atoms with van der Waals surface area (Å²) in [5, 5.41) is 4.26. The van der Waals surface area contributed by atoms with Crippen molar-refractivity contribution in [2.45, 2.75) is 12.5 Å². The molecule has 0 saturated carbocycles. The van der Waals surface area contributed by atoms with Crippen molar-refractivity contribution in [2.75, 3.05) is 44.2 Å². The monoisotopic (exact) mass is 425 g/mol. The van der Waals surface area contributed by atoms with Crippen LogP contribution in [0.25, 0.3) is 0 Å². The quantitative estimate of drug-likeness (QED) is 0.643. The number of fused-ring (bicyclic) bond motifs is 1. The first-order chi connectivity index (χ1) is 14.3. The van der Waals surface area contributed by atoms with E-state index in [0.717, 1.165) is 45.0 Å². The van der Waals surface area contributed by atoms with Gasteiger partial charge < -0.3 is 9.80 Å². The average molecular weight is 426 g/mol. The van der Waals surface area contributed by atoms with E-state index >= 15 is 0 Å². The van der Waals surface area contributed by atoms with Crippen LogP contribution in [0.4, 0.5) is 5.82 Å². The van der Waals surface area contributed by atoms with Crippen molar-refractivity contribution < 1.29 is 4.79 Å². The molecule has 0 radical (unpaired) electrons. The number of anilines is 1. The van der Waals surface area contributed by atoms with Crippen molar-refractivity contribution in [1.82, 2.24) is 19.8 Å². The first-order valence-electron chi connectivity index (χ1n) is 9.92. The van der Waals surface area contributed by atoms with Crippen LogP contribution < -0.4 is 4.90 Å². The largest absolute Gasteiger partial charge is 0.353 e. The van der Waals surface area contributed by atoms with Crippen molar-refractivity contribution in [2.24, 2.45) is 0 Å². The van der Waals surface area contributed by atoms with Gasteiger partial charge in [-0.15, -0.1) is 22.7 Å². The van der Waals surface area contributed by atoms with Crippen LogP contribution >= 0.6 is 22.7 Å². The van der Waals surface area contributed by atoms with E-state index in [1.165, 1.54) is 15.3 Å². The molecule has 1 atom stereocenters. The fourth-order valence-corrected chi connectivity index (χ4v) is 5.97. The zero-order chi connectivity index (χ0) is 19.6. The molecule has 6 nitrogen and oxygen atoms in total. The Morgan fingerprint density at radius 3 is 2.72 bits per heavy atom. The summed E-state index contributed by atoms with van der Waals surface area (Å²) >= 11 is 3.55. The summed E-state index contributed by atoms with van der Waals surface area (Å²) in [4.78, 5) is 31.1. The van der Waals surface area contributed by atoms with Crippen LogP contribution in [0.15, 0.2) is 47.5 Å². The van der Waals surface area contributed by atoms with Gasteiger partial charge in [0.25, 0.3) is 0 Å². The first kappa shape index (κ1) is 18.7. The highest BCUT2D eigenvalue weighted by Crippen LogP contribution is 2.39. The van der Waals surface area contributed by atoms with Crippen molar-refractivity contribution >= 4 is 34.4 Å². The number of amides is 1. The highest BCUT2D eigenvalue weighted by atomic mass is 32.1. The van der Waals surface area contributed by atoms with Gasteiger partial charge in [0, 0.05) is 54.9 Å². The molecule has 3 aromatic rings. The normalized spacial score (nSPS) is 19.9. The van der Waals surface area contributed by atoms with Crippen LogP contribution in [0.5, 0.6) is 0 Å². The summed E-state index contributed by atoms with van der Waals surface area (Å²) in [5.74, 6) is 1.14. The molecule has 1 amide bonds. The van der Waals surface area contributed by atoms with Crippen molar-refractivity contribution in [3.63, 3.8) is 0 Å². The average Bonchev–Trinajstić information content (AvgIpc) is 3.46. The number of thiophene rings is 2. The third kappa shape index (κ3) is 3.80. The van der Waals surface area contributed by atoms with E-state index in [-0.39, 0.29) is 11.9 Å². The minimum Gasteiger partial charge on any atom is -0.353 e. The number of carbonyl (C=O) groups excluding carboxylic acids is 1. The zero-order valence-corrected chi connectivity index (χ0v) is 17.7. The van der Waals surface area contributed by atoms with E-state index in [4.69, 9.17) is 0 Å². The molecule has 1 saturated heterocycles. The van der Waals surface area contributed by atoms with E-state index in [1.807, 2.05) is 11.3 Å². The van der Waals surface area contributed by atoms with Gasteiger partial charge in [-0.2, -0.15) is 0 Å². The maximum Gasteiger partial charge on any atom is 0.237 e. The molecule has 1 fully saturated rings. The molecule has 0 N–H and O–H groups in total. The maximum atomic E-state index is 13.3. The van der Waals surface area contributed by atoms with E-state index in [2.05, 4.69) is 53.6 Å². The Kier molecular flexibility index (Phi) is 5.30. The van der Waals surface area contributed by atoms with Crippen LogP contribution in [0.1, 0.15) is 21.4 Å². The predicted octanol–water partition coefficient (Wildman–Crippen LogP) is 2.90. The molecule has 8 heteroatoms. The molecule has 0 spiro atoms. The first-order valence-corrected chi connectivity index (χ1v) is 11.7. The lowest BCUT2D eigenvalue weighted by molar-refractivity contribution is -0.134. The third-order valence-corrected chi connectivity index (χ3v) is 7.62. The number of aromatic nitrogens is 2. The van der Waals surface area contributed by atoms with Crippen molar-refractivity contribution in [3.8, 4) is 0 Å². The second-order valence-corrected chi connectivity index (χ2v) is 9.36. The standard InChI is InChI=1S/C21H23N5OS2/c27-20(15-24-8-10-25(11-9-24)19-14-22-5-6-23-19)26-7-3-17-16(4-13-29-17)21(26)18-2-1-12-28-18/h1-2,4-6,12-14,21H,3,7-11,15H2. The fraction of sp³-hybridized carbons (Fsp3) is 0.381. The number of nitrogens with zero attached hydrogens (tertiary/aromatic N) is 5. The number of carbonyl (C=O) groups is 1. The van der Waals surface area contributed by atoms with Crippen molar-refractivity contribution in [3.05, 3.63) is 62.9 Å². The molecule has 1 unspecified atom stereocenters. The fourth-order valence-electron chi connectivity index (χ4n) is 4.21. The summed E-state index contributed by atoms with van der Waals surface area (Å²) in [5.41, 5.74) is 1.31. The van der Waals surface area contributed by atoms with Gasteiger partial charge in [0.05, 0.1) is 18.8 Å². The lowest BCUT2D eigenvalue weighted by Gasteiger charge is -2.39. The Morgan fingerprint density at radius 1 is 1.07 bits per heavy atom. The summed E-state index contributed by atoms with van der Waals surface area (Å²) in [7, 11) is 0. The molecule has 29 heavy (non-hydrogen) atoms. The molecular formula is C21H23N5OS2. The van der Waals surface area contributed by atoms with E-state index in [0.29, 0.717) is 6.54 Å². The van der Waals surface area contributed by atoms with Crippen LogP contribution in [0.2, 0.25) is 0 Å². The molecule has 150 valence electrons. The van der Waals surface area contributed by atoms with E-state index in [9.17, 15) is 4.79 Å². The molecule has 2 aliphatic heterocycles. The third-order valence-electron chi connectivity index (χ3n) is 5.70. The topological polar surface area (TPSA) is 52.6 Å². The lowest BCUT2D eigenvalue weighted by Crippen LogP contribution is -2.51. The minimum absolute atomic E-state index is 0.0679. The Labute approximate surface area is 178 Å². The van der Waals surface area contributed by atoms with Crippen LogP contribution in [0.3, 0.4) is 0 Å². The lowest BCUT2D eigenvalue weighted by atomic mass is 9.98. The summed E-state index contributed by atoms with van der Waals surface area (Å²) in [6.07, 6.45) is 6.19. The molecule has 5 rings (SSSR count). The Hall–Kier alpha value is -2.29. The molecule has 0 bridgehead atoms. The predicted molar refractivity (Wildman–Crippen MR) is 117 cm³/mol. The second kappa shape index (κ2) is 8.22. The van der Waals surface area contributed by atoms with Crippen molar-refractivity contribution in [1.29, 1.82) is 0 Å². The number of rotatable bonds is 4. The van der Waals surface area contributed by atoms with E-state index < -0.39 is 0 Å². The molecule has 5 heterocycles. The molecule has 3 aromatic heterocycles. The Bertz CT molecular complexity index is 951. The molecular weight excluding hydrogens is 402 g/mol. The Balaban J connectivity index is 1.26. The van der Waals surface area contributed by atoms with Gasteiger partial charge in [0.2, 0.25) is 5.91 Å². The van der Waals surface area contributed by atoms with Gasteiger partial charge in [-0.25, -0.2) is 4.98 Å². The highest BCUT2D eigenvalue weighted by molar-refractivity contribution is 7.10. The van der Waals surface area contributed by atoms with Gasteiger partial charge in [-0.3, -0.25) is 14.7 Å². The SMILES string of the molecule is O=C(CN1CCN(c2cnccn2)CC1)N1CCc2sccc2C1c1cccs1. The highest BCUT2D eigenvalue weighted by Gasteiger charge is 2.34. The molecule has 2 aliphatic rings. The second-order valence-electron chi connectivity index (χ2n) is 7.38. The smallest absolute Gasteiger partial charge is 0.237 e. The van der Waals surface area contributed by atoms with Gasteiger partial charge >= 0.3 is 0 Å². The minimum atomic E-state index is 0.0679. The van der Waals surface area contributed by atoms with Crippen LogP contribution in [-0.2, 0) is 11.2 Å². The zero-order valence-electron chi connectivity index (χ0n) is 16.1. The summed E-state index contributed by atoms with van der Waals surface area (Å²) in [6, 6.07) is 6.50. The van der Waals surface area contributed by atoms with Gasteiger partial charge in [0.1, 0.15) is 5.82 Å². The van der Waals surface area contributed by atoms with Crippen LogP contribution in [-0.4, -0.2) is 64.9 Å².